The van der Waals surface area contributed by atoms with Crippen LogP contribution in [0.15, 0.2) is 371 Å². The van der Waals surface area contributed by atoms with Crippen LogP contribution in [-0.2, 0) is 16.2 Å². The second kappa shape index (κ2) is 26.7. The van der Waals surface area contributed by atoms with Gasteiger partial charge in [0.05, 0.1) is 16.2 Å². The molecule has 0 radical (unpaired) electrons. The van der Waals surface area contributed by atoms with Crippen LogP contribution in [0.1, 0.15) is 78.7 Å². The van der Waals surface area contributed by atoms with Crippen LogP contribution >= 0.6 is 0 Å². The van der Waals surface area contributed by atoms with Crippen LogP contribution in [0.3, 0.4) is 0 Å². The van der Waals surface area contributed by atoms with Gasteiger partial charge in [0.15, 0.2) is 0 Å². The number of benzene rings is 15. The molecule has 1 spiro atoms. The summed E-state index contributed by atoms with van der Waals surface area (Å²) in [6.45, 7) is 7.82. The van der Waals surface area contributed by atoms with E-state index in [9.17, 15) is 0 Å². The smallest absolute Gasteiger partial charge is 0.127 e. The molecule has 0 aliphatic heterocycles. The van der Waals surface area contributed by atoms with Crippen molar-refractivity contribution >= 4 is 40.2 Å². The Morgan fingerprint density at radius 2 is 0.619 bits per heavy atom. The molecular formula is C103H66F6N2O2. The summed E-state index contributed by atoms with van der Waals surface area (Å²) in [6, 6.07) is 102. The molecule has 0 fully saturated rings. The molecule has 0 bridgehead atoms. The van der Waals surface area contributed by atoms with Gasteiger partial charge < -0.3 is 19.3 Å². The fraction of sp³-hybridized carbons (Fsp3) is 0.0485. The van der Waals surface area contributed by atoms with Crippen LogP contribution in [0, 0.1) is 34.9 Å². The Balaban J connectivity index is 0.766. The Kier molecular flexibility index (Phi) is 16.1. The molecule has 0 saturated carbocycles. The van der Waals surface area contributed by atoms with Gasteiger partial charge in [-0.1, -0.05) is 195 Å². The van der Waals surface area contributed by atoms with E-state index >= 15 is 26.3 Å². The number of ether oxygens (including phenoxy) is 2. The molecule has 4 nitrogen and oxygen atoms in total. The second-order valence-corrected chi connectivity index (χ2v) is 29.4. The molecule has 15 aromatic rings. The highest BCUT2D eigenvalue weighted by molar-refractivity contribution is 5.99. The average Bonchev–Trinajstić information content (AvgIpc) is 1.51. The number of anilines is 6. The average molecular weight is 1480 g/mol. The minimum atomic E-state index is -1.30. The van der Waals surface area contributed by atoms with E-state index in [0.717, 1.165) is 135 Å². The molecule has 15 aromatic carbocycles. The maximum Gasteiger partial charge on any atom is 0.127 e. The Hall–Kier alpha value is -14.0. The largest absolute Gasteiger partial charge is 0.486 e. The number of fused-ring (bicyclic) bond motifs is 16. The van der Waals surface area contributed by atoms with Crippen LogP contribution in [-0.4, -0.2) is 6.10 Å². The Labute approximate surface area is 650 Å². The van der Waals surface area contributed by atoms with Crippen LogP contribution in [0.5, 0.6) is 17.2 Å². The fourth-order valence-corrected chi connectivity index (χ4v) is 18.8. The standard InChI is InChI=1S/C103H66F6N2O2/c1-3-63-21-41-81(42-22-63)112-83-45-25-65(26-46-83)101(67-53-71(106)57-72(107)54-67)93-17-9-5-13-85(93)89-49-37-77(59-97(89)101)110(75-33-29-69(104)30-34-75)79-39-51-91-87-15-7-11-19-95(87)103(99(91)61-79)96-20-12-8-16-88(96)92-52-40-80(62-100(92)103)111(76-35-31-70(105)32-36-76)78-38-50-90-86-14-6-10-18-94(86)102(98(90)60-78,68-55-73(108)58-74(109)56-68)66-27-47-84(48-28-66)113-82-43-23-64(4-2)24-44-82/h3-43,45-62,82H,1-2,44H2. The normalized spacial score (nSPS) is 17.4. The zero-order valence-electron chi connectivity index (χ0n) is 60.7. The molecule has 5 aliphatic carbocycles. The van der Waals surface area contributed by atoms with E-state index in [-0.39, 0.29) is 6.10 Å². The van der Waals surface area contributed by atoms with E-state index < -0.39 is 51.1 Å². The summed E-state index contributed by atoms with van der Waals surface area (Å²) in [5.74, 6) is -1.94. The fourth-order valence-electron chi connectivity index (χ4n) is 18.8. The third-order valence-corrected chi connectivity index (χ3v) is 23.4. The summed E-state index contributed by atoms with van der Waals surface area (Å²) in [5.41, 5.74) is 19.6. The van der Waals surface area contributed by atoms with Gasteiger partial charge in [-0.05, 0) is 286 Å². The van der Waals surface area contributed by atoms with Crippen molar-refractivity contribution in [1.82, 2.24) is 0 Å². The minimum absolute atomic E-state index is 0.220. The number of allylic oxidation sites excluding steroid dienone is 3. The van der Waals surface area contributed by atoms with Crippen LogP contribution < -0.4 is 19.3 Å². The van der Waals surface area contributed by atoms with Crippen molar-refractivity contribution in [3.05, 3.63) is 478 Å². The molecule has 4 atom stereocenters. The van der Waals surface area contributed by atoms with Crippen molar-refractivity contribution in [2.75, 3.05) is 9.80 Å². The van der Waals surface area contributed by atoms with Gasteiger partial charge in [0, 0.05) is 52.7 Å². The van der Waals surface area contributed by atoms with Gasteiger partial charge >= 0.3 is 0 Å². The van der Waals surface area contributed by atoms with Gasteiger partial charge in [-0.3, -0.25) is 0 Å². The van der Waals surface area contributed by atoms with E-state index in [2.05, 4.69) is 156 Å². The lowest BCUT2D eigenvalue weighted by Gasteiger charge is -2.36. The quantitative estimate of drug-likeness (QED) is 0.0900. The van der Waals surface area contributed by atoms with Crippen molar-refractivity contribution < 1.29 is 35.8 Å². The van der Waals surface area contributed by atoms with E-state index in [4.69, 9.17) is 9.47 Å². The SMILES string of the molecule is C=CC1=CCC(Oc2ccc(C3(c4cc(F)cc(F)c4)c4ccccc4-c4ccc(N(c5ccc(F)cc5)c5ccc6c(c5)C5(c7ccccc7-c7ccc(N(c8ccc(F)cc8)c8ccc9c(c8)C(c8ccc(Oc%10ccc(C=C)cc%10)cc8)(c8cc(F)cc(F)c8)c8ccccc8-9)cc75)c5ccccc5-6)cc43)cc2)C=C1. The van der Waals surface area contributed by atoms with Crippen LogP contribution in [0.25, 0.3) is 50.6 Å². The van der Waals surface area contributed by atoms with E-state index in [1.165, 1.54) is 48.5 Å². The predicted octanol–water partition coefficient (Wildman–Crippen LogP) is 26.8. The van der Waals surface area contributed by atoms with Gasteiger partial charge in [0.2, 0.25) is 0 Å². The maximum absolute atomic E-state index is 16.3. The number of halogens is 6. The van der Waals surface area contributed by atoms with Gasteiger partial charge in [0.25, 0.3) is 0 Å². The Bertz CT molecular complexity index is 6440. The van der Waals surface area contributed by atoms with Crippen molar-refractivity contribution in [3.8, 4) is 61.8 Å². The van der Waals surface area contributed by atoms with Crippen molar-refractivity contribution in [3.63, 3.8) is 0 Å². The first-order chi connectivity index (χ1) is 55.3. The predicted molar refractivity (Wildman–Crippen MR) is 440 cm³/mol. The van der Waals surface area contributed by atoms with Crippen molar-refractivity contribution in [2.45, 2.75) is 28.8 Å². The van der Waals surface area contributed by atoms with Crippen molar-refractivity contribution in [1.29, 1.82) is 0 Å². The number of hydrogen-bond donors (Lipinski definition) is 0. The summed E-state index contributed by atoms with van der Waals surface area (Å²) in [6.07, 6.45) is 10.1. The summed E-state index contributed by atoms with van der Waals surface area (Å²) >= 11 is 0. The van der Waals surface area contributed by atoms with Crippen LogP contribution in [0.2, 0.25) is 0 Å². The molecule has 0 aromatic heterocycles. The van der Waals surface area contributed by atoms with E-state index in [1.807, 2.05) is 133 Å². The van der Waals surface area contributed by atoms with Gasteiger partial charge in [-0.25, -0.2) is 26.3 Å². The first-order valence-electron chi connectivity index (χ1n) is 37.6. The Morgan fingerprint density at radius 3 is 0.973 bits per heavy atom. The first kappa shape index (κ1) is 68.3. The highest BCUT2D eigenvalue weighted by Crippen LogP contribution is 2.66. The number of nitrogens with zero attached hydrogens (tertiary/aromatic N) is 2. The lowest BCUT2D eigenvalue weighted by molar-refractivity contribution is 0.251. The third kappa shape index (κ3) is 10.7. The molecule has 4 unspecified atom stereocenters. The summed E-state index contributed by atoms with van der Waals surface area (Å²) in [4.78, 5) is 4.25. The summed E-state index contributed by atoms with van der Waals surface area (Å²) in [7, 11) is 0. The monoisotopic (exact) mass is 1480 g/mol. The van der Waals surface area contributed by atoms with Crippen LogP contribution in [0.4, 0.5) is 60.5 Å². The van der Waals surface area contributed by atoms with Gasteiger partial charge in [-0.2, -0.15) is 0 Å². The maximum atomic E-state index is 16.3. The van der Waals surface area contributed by atoms with E-state index in [1.54, 1.807) is 30.3 Å². The van der Waals surface area contributed by atoms with Gasteiger partial charge in [0.1, 0.15) is 58.3 Å². The van der Waals surface area contributed by atoms with E-state index in [0.29, 0.717) is 57.5 Å². The third-order valence-electron chi connectivity index (χ3n) is 23.4. The molecule has 0 N–H and O–H groups in total. The molecule has 10 heteroatoms. The topological polar surface area (TPSA) is 24.9 Å². The molecule has 542 valence electrons. The molecule has 0 saturated heterocycles. The number of hydrogen-bond acceptors (Lipinski definition) is 4. The lowest BCUT2D eigenvalue weighted by atomic mass is 9.67. The lowest BCUT2D eigenvalue weighted by Crippen LogP contribution is -2.29. The molecule has 20 rings (SSSR count). The summed E-state index contributed by atoms with van der Waals surface area (Å²) < 4.78 is 109. The highest BCUT2D eigenvalue weighted by atomic mass is 19.2. The zero-order chi connectivity index (χ0) is 76.4. The van der Waals surface area contributed by atoms with Gasteiger partial charge in [-0.15, -0.1) is 0 Å². The molecule has 0 heterocycles. The summed E-state index contributed by atoms with van der Waals surface area (Å²) in [5, 5.41) is 0. The second-order valence-electron chi connectivity index (χ2n) is 29.4. The Morgan fingerprint density at radius 1 is 0.292 bits per heavy atom. The highest BCUT2D eigenvalue weighted by Gasteiger charge is 2.54. The van der Waals surface area contributed by atoms with Crippen molar-refractivity contribution in [2.24, 2.45) is 0 Å². The minimum Gasteiger partial charge on any atom is -0.486 e. The molecular weight excluding hydrogens is 1410 g/mol. The first-order valence-corrected chi connectivity index (χ1v) is 37.6. The number of rotatable bonds is 16. The molecule has 0 amide bonds. The molecule has 5 aliphatic rings. The zero-order valence-corrected chi connectivity index (χ0v) is 60.7. The molecule has 113 heavy (non-hydrogen) atoms.